The fourth-order valence-corrected chi connectivity index (χ4v) is 1.02. The maximum Gasteiger partial charge on any atom is 0.197 e. The van der Waals surface area contributed by atoms with Crippen LogP contribution in [-0.4, -0.2) is 30.2 Å². The average Bonchev–Trinajstić information content (AvgIpc) is 2.71. The molecule has 0 saturated carbocycles. The number of nitrogens with two attached hydrogens (primary N) is 1. The van der Waals surface area contributed by atoms with Gasteiger partial charge in [-0.1, -0.05) is 0 Å². The van der Waals surface area contributed by atoms with Crippen LogP contribution in [0.4, 0.5) is 5.95 Å². The van der Waals surface area contributed by atoms with Gasteiger partial charge in [0.25, 0.3) is 0 Å². The molecule has 0 fully saturated rings. The van der Waals surface area contributed by atoms with Gasteiger partial charge >= 0.3 is 0 Å². The molecule has 0 aliphatic heterocycles. The smallest absolute Gasteiger partial charge is 0.197 e. The zero-order valence-corrected chi connectivity index (χ0v) is 6.88. The van der Waals surface area contributed by atoms with Crippen molar-refractivity contribution < 1.29 is 0 Å². The molecule has 13 heavy (non-hydrogen) atoms. The third-order valence-electron chi connectivity index (χ3n) is 1.65. The zero-order chi connectivity index (χ0) is 9.10. The van der Waals surface area contributed by atoms with E-state index in [1.165, 1.54) is 0 Å². The number of H-pyrrole nitrogens is 1. The van der Waals surface area contributed by atoms with Gasteiger partial charge in [-0.05, 0) is 10.4 Å². The van der Waals surface area contributed by atoms with Crippen LogP contribution in [0.15, 0.2) is 12.5 Å². The van der Waals surface area contributed by atoms with Gasteiger partial charge in [0.2, 0.25) is 0 Å². The van der Waals surface area contributed by atoms with E-state index in [9.17, 15) is 0 Å². The van der Waals surface area contributed by atoms with Crippen LogP contribution in [0.1, 0.15) is 5.69 Å². The number of hydrogen-bond donors (Lipinski definition) is 2. The van der Waals surface area contributed by atoms with Crippen LogP contribution in [-0.2, 0) is 13.0 Å². The van der Waals surface area contributed by atoms with Crippen molar-refractivity contribution in [3.8, 4) is 0 Å². The summed E-state index contributed by atoms with van der Waals surface area (Å²) < 4.78 is 1.65. The Balaban J connectivity index is 1.93. The second-order valence-corrected chi connectivity index (χ2v) is 2.62. The lowest BCUT2D eigenvalue weighted by Crippen LogP contribution is -2.02. The van der Waals surface area contributed by atoms with E-state index in [2.05, 4.69) is 25.5 Å². The molecule has 0 aliphatic carbocycles. The predicted octanol–water partition coefficient (Wildman–Crippen LogP) is -0.779. The number of aromatic nitrogens is 6. The Morgan fingerprint density at radius 2 is 2.46 bits per heavy atom. The first-order chi connectivity index (χ1) is 6.34. The molecule has 0 amide bonds. The third-order valence-corrected chi connectivity index (χ3v) is 1.65. The third kappa shape index (κ3) is 1.81. The summed E-state index contributed by atoms with van der Waals surface area (Å²) in [6.45, 7) is 0.717. The molecule has 7 nitrogen and oxygen atoms in total. The maximum absolute atomic E-state index is 5.41. The van der Waals surface area contributed by atoms with Crippen LogP contribution in [0.3, 0.4) is 0 Å². The van der Waals surface area contributed by atoms with E-state index in [-0.39, 0.29) is 0 Å². The van der Waals surface area contributed by atoms with Crippen molar-refractivity contribution in [3.63, 3.8) is 0 Å². The second-order valence-electron chi connectivity index (χ2n) is 2.62. The summed E-state index contributed by atoms with van der Waals surface area (Å²) in [5.41, 5.74) is 6.39. The molecule has 0 saturated heterocycles. The Bertz CT molecular complexity index is 362. The van der Waals surface area contributed by atoms with Crippen LogP contribution >= 0.6 is 0 Å². The van der Waals surface area contributed by atoms with Crippen LogP contribution in [0.25, 0.3) is 0 Å². The lowest BCUT2D eigenvalue weighted by atomic mass is 10.3. The first-order valence-corrected chi connectivity index (χ1v) is 3.85. The largest absolute Gasteiger partial charge is 0.369 e. The van der Waals surface area contributed by atoms with E-state index in [0.29, 0.717) is 12.5 Å². The van der Waals surface area contributed by atoms with Crippen molar-refractivity contribution >= 4 is 5.95 Å². The lowest BCUT2D eigenvalue weighted by molar-refractivity contribution is 0.584. The van der Waals surface area contributed by atoms with Gasteiger partial charge < -0.3 is 10.7 Å². The van der Waals surface area contributed by atoms with Gasteiger partial charge in [-0.3, -0.25) is 0 Å². The number of imidazole rings is 1. The highest BCUT2D eigenvalue weighted by Crippen LogP contribution is 1.99. The molecule has 2 heterocycles. The van der Waals surface area contributed by atoms with E-state index >= 15 is 0 Å². The number of rotatable bonds is 3. The van der Waals surface area contributed by atoms with Crippen LogP contribution in [0, 0.1) is 0 Å². The van der Waals surface area contributed by atoms with Crippen molar-refractivity contribution in [2.75, 3.05) is 5.73 Å². The number of aromatic amines is 1. The van der Waals surface area contributed by atoms with Gasteiger partial charge in [-0.2, -0.15) is 0 Å². The molecule has 0 atom stereocenters. The Labute approximate surface area is 74.0 Å². The number of nitrogens with one attached hydrogen (secondary N) is 1. The zero-order valence-electron chi connectivity index (χ0n) is 6.88. The quantitative estimate of drug-likeness (QED) is 0.644. The van der Waals surface area contributed by atoms with Crippen molar-refractivity contribution in [2.24, 2.45) is 0 Å². The predicted molar refractivity (Wildman–Crippen MR) is 44.5 cm³/mol. The number of nitrogens with zero attached hydrogens (tertiary/aromatic N) is 5. The van der Waals surface area contributed by atoms with Crippen molar-refractivity contribution in [3.05, 3.63) is 18.2 Å². The summed E-state index contributed by atoms with van der Waals surface area (Å²) in [5, 5.41) is 10.8. The minimum absolute atomic E-state index is 0.437. The average molecular weight is 179 g/mol. The van der Waals surface area contributed by atoms with Crippen molar-refractivity contribution in [1.29, 1.82) is 0 Å². The number of tetrazole rings is 1. The molecule has 2 aromatic heterocycles. The minimum atomic E-state index is 0.437. The van der Waals surface area contributed by atoms with E-state index in [0.717, 1.165) is 12.1 Å². The molecular weight excluding hydrogens is 170 g/mol. The minimum Gasteiger partial charge on any atom is -0.369 e. The number of aryl methyl sites for hydroxylation is 2. The SMILES string of the molecule is Nc1ncc(CCn2cnnn2)[nH]1. The first-order valence-electron chi connectivity index (χ1n) is 3.85. The first kappa shape index (κ1) is 7.71. The van der Waals surface area contributed by atoms with E-state index in [1.807, 2.05) is 0 Å². The van der Waals surface area contributed by atoms with Crippen LogP contribution in [0.5, 0.6) is 0 Å². The Hall–Kier alpha value is -1.92. The molecule has 2 rings (SSSR count). The van der Waals surface area contributed by atoms with Gasteiger partial charge in [-0.25, -0.2) is 9.67 Å². The lowest BCUT2D eigenvalue weighted by Gasteiger charge is -1.95. The highest BCUT2D eigenvalue weighted by atomic mass is 15.5. The molecule has 0 aromatic carbocycles. The van der Waals surface area contributed by atoms with Crippen molar-refractivity contribution in [2.45, 2.75) is 13.0 Å². The van der Waals surface area contributed by atoms with Gasteiger partial charge in [0, 0.05) is 12.1 Å². The number of hydrogen-bond acceptors (Lipinski definition) is 5. The molecule has 0 radical (unpaired) electrons. The Kier molecular flexibility index (Phi) is 1.91. The molecule has 2 aromatic rings. The van der Waals surface area contributed by atoms with Gasteiger partial charge in [0.15, 0.2) is 5.95 Å². The molecular formula is C6H9N7. The van der Waals surface area contributed by atoms with E-state index in [4.69, 9.17) is 5.73 Å². The summed E-state index contributed by atoms with van der Waals surface area (Å²) in [6.07, 6.45) is 4.06. The highest BCUT2D eigenvalue weighted by molar-refractivity contribution is 5.18. The summed E-state index contributed by atoms with van der Waals surface area (Å²) >= 11 is 0. The molecule has 0 spiro atoms. The standard InChI is InChI=1S/C6H9N7/c7-6-8-3-5(10-6)1-2-13-4-9-11-12-13/h3-4H,1-2H2,(H3,7,8,10). The number of anilines is 1. The molecule has 0 bridgehead atoms. The summed E-state index contributed by atoms with van der Waals surface area (Å²) in [4.78, 5) is 6.80. The fraction of sp³-hybridized carbons (Fsp3) is 0.333. The molecule has 0 aliphatic rings. The van der Waals surface area contributed by atoms with Crippen molar-refractivity contribution in [1.82, 2.24) is 30.2 Å². The van der Waals surface area contributed by atoms with E-state index in [1.54, 1.807) is 17.2 Å². The second kappa shape index (κ2) is 3.21. The summed E-state index contributed by atoms with van der Waals surface area (Å²) in [5.74, 6) is 0.437. The summed E-state index contributed by atoms with van der Waals surface area (Å²) in [6, 6.07) is 0. The van der Waals surface area contributed by atoms with Gasteiger partial charge in [0.05, 0.1) is 12.7 Å². The highest BCUT2D eigenvalue weighted by Gasteiger charge is 1.98. The molecule has 68 valence electrons. The number of nitrogen functional groups attached to an aromatic ring is 1. The summed E-state index contributed by atoms with van der Waals surface area (Å²) in [7, 11) is 0. The van der Waals surface area contributed by atoms with E-state index < -0.39 is 0 Å². The Morgan fingerprint density at radius 1 is 1.54 bits per heavy atom. The maximum atomic E-state index is 5.41. The van der Waals surface area contributed by atoms with Crippen LogP contribution < -0.4 is 5.73 Å². The fourth-order valence-electron chi connectivity index (χ4n) is 1.02. The molecule has 7 heteroatoms. The topological polar surface area (TPSA) is 98.3 Å². The Morgan fingerprint density at radius 3 is 3.08 bits per heavy atom. The molecule has 0 unspecified atom stereocenters. The van der Waals surface area contributed by atoms with Gasteiger partial charge in [0.1, 0.15) is 6.33 Å². The normalized spacial score (nSPS) is 10.5. The van der Waals surface area contributed by atoms with Gasteiger partial charge in [-0.15, -0.1) is 5.10 Å². The van der Waals surface area contributed by atoms with Crippen LogP contribution in [0.2, 0.25) is 0 Å². The monoisotopic (exact) mass is 179 g/mol. The molecule has 3 N–H and O–H groups in total.